The standard InChI is InChI=1S/C12H13F2N3O4S2/c1-16(7-9-15-4-5-17(9)12(13)14)23(19,20)8-3-6-22-10(8)11(18)21-2/h3-6,12H,7H2,1-2H3. The van der Waals surface area contributed by atoms with Crippen LogP contribution in [0.5, 0.6) is 0 Å². The van der Waals surface area contributed by atoms with Gasteiger partial charge in [0.15, 0.2) is 0 Å². The van der Waals surface area contributed by atoms with Crippen LogP contribution < -0.4 is 0 Å². The maximum atomic E-state index is 12.8. The number of esters is 1. The predicted molar refractivity (Wildman–Crippen MR) is 77.8 cm³/mol. The number of nitrogens with zero attached hydrogens (tertiary/aromatic N) is 3. The number of hydrogen-bond acceptors (Lipinski definition) is 6. The molecule has 23 heavy (non-hydrogen) atoms. The average molecular weight is 365 g/mol. The zero-order valence-electron chi connectivity index (χ0n) is 12.1. The molecule has 0 radical (unpaired) electrons. The third-order valence-corrected chi connectivity index (χ3v) is 5.88. The van der Waals surface area contributed by atoms with E-state index in [1.165, 1.54) is 18.5 Å². The van der Waals surface area contributed by atoms with Gasteiger partial charge in [0.1, 0.15) is 15.6 Å². The van der Waals surface area contributed by atoms with Gasteiger partial charge in [-0.15, -0.1) is 11.3 Å². The first kappa shape index (κ1) is 17.5. The van der Waals surface area contributed by atoms with E-state index >= 15 is 0 Å². The lowest BCUT2D eigenvalue weighted by Gasteiger charge is -2.17. The number of halogens is 2. The zero-order valence-corrected chi connectivity index (χ0v) is 13.8. The maximum Gasteiger partial charge on any atom is 0.349 e. The number of imidazole rings is 1. The first-order valence-corrected chi connectivity index (χ1v) is 8.53. The van der Waals surface area contributed by atoms with E-state index in [-0.39, 0.29) is 22.1 Å². The van der Waals surface area contributed by atoms with Gasteiger partial charge in [0.25, 0.3) is 0 Å². The van der Waals surface area contributed by atoms with Gasteiger partial charge in [-0.3, -0.25) is 4.57 Å². The molecule has 2 aromatic rings. The molecule has 11 heteroatoms. The van der Waals surface area contributed by atoms with Crippen molar-refractivity contribution in [2.45, 2.75) is 18.0 Å². The number of carbonyl (C=O) groups is 1. The second-order valence-electron chi connectivity index (χ2n) is 4.40. The fraction of sp³-hybridized carbons (Fsp3) is 0.333. The minimum Gasteiger partial charge on any atom is -0.465 e. The monoisotopic (exact) mass is 365 g/mol. The summed E-state index contributed by atoms with van der Waals surface area (Å²) >= 11 is 0.921. The number of carbonyl (C=O) groups excluding carboxylic acids is 1. The Morgan fingerprint density at radius 2 is 2.22 bits per heavy atom. The van der Waals surface area contributed by atoms with Crippen molar-refractivity contribution in [3.05, 3.63) is 34.5 Å². The van der Waals surface area contributed by atoms with Gasteiger partial charge >= 0.3 is 12.5 Å². The second-order valence-corrected chi connectivity index (χ2v) is 7.32. The molecular weight excluding hydrogens is 352 g/mol. The van der Waals surface area contributed by atoms with Crippen LogP contribution in [0.15, 0.2) is 28.7 Å². The van der Waals surface area contributed by atoms with Crippen LogP contribution in [0, 0.1) is 0 Å². The Hall–Kier alpha value is -1.85. The molecule has 0 N–H and O–H groups in total. The normalized spacial score (nSPS) is 12.1. The molecule has 2 aromatic heterocycles. The van der Waals surface area contributed by atoms with E-state index < -0.39 is 22.5 Å². The third kappa shape index (κ3) is 3.41. The summed E-state index contributed by atoms with van der Waals surface area (Å²) in [5.74, 6) is -0.887. The molecule has 0 atom stereocenters. The fourth-order valence-electron chi connectivity index (χ4n) is 1.84. The van der Waals surface area contributed by atoms with Crippen molar-refractivity contribution in [3.63, 3.8) is 0 Å². The lowest BCUT2D eigenvalue weighted by molar-refractivity contribution is 0.0602. The van der Waals surface area contributed by atoms with Gasteiger partial charge in [-0.25, -0.2) is 18.2 Å². The maximum absolute atomic E-state index is 12.8. The van der Waals surface area contributed by atoms with Gasteiger partial charge < -0.3 is 4.74 Å². The molecule has 0 aliphatic rings. The van der Waals surface area contributed by atoms with Crippen LogP contribution >= 0.6 is 11.3 Å². The minimum atomic E-state index is -4.06. The van der Waals surface area contributed by atoms with Crippen molar-refractivity contribution in [1.29, 1.82) is 0 Å². The Balaban J connectivity index is 2.31. The van der Waals surface area contributed by atoms with Crippen LogP contribution in [0.1, 0.15) is 22.0 Å². The number of aromatic nitrogens is 2. The summed E-state index contributed by atoms with van der Waals surface area (Å²) in [6, 6.07) is 1.27. The number of methoxy groups -OCH3 is 1. The number of hydrogen-bond donors (Lipinski definition) is 0. The van der Waals surface area contributed by atoms with E-state index in [9.17, 15) is 22.0 Å². The number of ether oxygens (including phenoxy) is 1. The number of rotatable bonds is 6. The summed E-state index contributed by atoms with van der Waals surface area (Å²) < 4.78 is 56.6. The summed E-state index contributed by atoms with van der Waals surface area (Å²) in [6.07, 6.45) is 2.22. The molecule has 2 rings (SSSR count). The highest BCUT2D eigenvalue weighted by Gasteiger charge is 2.29. The molecule has 0 aromatic carbocycles. The van der Waals surface area contributed by atoms with Crippen molar-refractivity contribution >= 4 is 27.3 Å². The van der Waals surface area contributed by atoms with Gasteiger partial charge in [0.05, 0.1) is 13.7 Å². The molecule has 0 spiro atoms. The summed E-state index contributed by atoms with van der Waals surface area (Å²) in [4.78, 5) is 15.0. The fourth-order valence-corrected chi connectivity index (χ4v) is 4.27. The molecule has 0 saturated carbocycles. The van der Waals surface area contributed by atoms with Crippen LogP contribution in [-0.4, -0.2) is 42.4 Å². The van der Waals surface area contributed by atoms with E-state index in [4.69, 9.17) is 0 Å². The first-order chi connectivity index (χ1) is 10.8. The van der Waals surface area contributed by atoms with E-state index in [2.05, 4.69) is 9.72 Å². The highest BCUT2D eigenvalue weighted by atomic mass is 32.2. The van der Waals surface area contributed by atoms with Crippen molar-refractivity contribution in [2.75, 3.05) is 14.2 Å². The van der Waals surface area contributed by atoms with E-state index in [0.29, 0.717) is 4.57 Å². The highest BCUT2D eigenvalue weighted by Crippen LogP contribution is 2.26. The van der Waals surface area contributed by atoms with E-state index in [1.807, 2.05) is 0 Å². The largest absolute Gasteiger partial charge is 0.465 e. The van der Waals surface area contributed by atoms with Crippen LogP contribution in [0.3, 0.4) is 0 Å². The highest BCUT2D eigenvalue weighted by molar-refractivity contribution is 7.89. The minimum absolute atomic E-state index is 0.0726. The SMILES string of the molecule is COC(=O)c1sccc1S(=O)(=O)N(C)Cc1nccn1C(F)F. The van der Waals surface area contributed by atoms with Gasteiger partial charge in [-0.05, 0) is 11.4 Å². The quantitative estimate of drug-likeness (QED) is 0.731. The van der Waals surface area contributed by atoms with Crippen LogP contribution in [-0.2, 0) is 21.3 Å². The number of thiophene rings is 1. The zero-order chi connectivity index (χ0) is 17.2. The molecule has 0 bridgehead atoms. The van der Waals surface area contributed by atoms with Crippen molar-refractivity contribution in [2.24, 2.45) is 0 Å². The van der Waals surface area contributed by atoms with Crippen molar-refractivity contribution in [1.82, 2.24) is 13.9 Å². The summed E-state index contributed by atoms with van der Waals surface area (Å²) in [5.41, 5.74) is 0. The van der Waals surface area contributed by atoms with Crippen molar-refractivity contribution < 1.29 is 26.7 Å². The average Bonchev–Trinajstić information content (AvgIpc) is 3.15. The topological polar surface area (TPSA) is 81.5 Å². The second kappa shape index (κ2) is 6.72. The van der Waals surface area contributed by atoms with Crippen LogP contribution in [0.2, 0.25) is 0 Å². The molecule has 0 fully saturated rings. The molecule has 7 nitrogen and oxygen atoms in total. The van der Waals surface area contributed by atoms with Gasteiger partial charge in [0, 0.05) is 19.4 Å². The van der Waals surface area contributed by atoms with Crippen LogP contribution in [0.4, 0.5) is 8.78 Å². The molecule has 0 aliphatic heterocycles. The molecule has 2 heterocycles. The molecular formula is C12H13F2N3O4S2. The van der Waals surface area contributed by atoms with Crippen LogP contribution in [0.25, 0.3) is 0 Å². The molecule has 126 valence electrons. The Morgan fingerprint density at radius 3 is 2.83 bits per heavy atom. The number of sulfonamides is 1. The third-order valence-electron chi connectivity index (χ3n) is 3.01. The Morgan fingerprint density at radius 1 is 1.52 bits per heavy atom. The lowest BCUT2D eigenvalue weighted by Crippen LogP contribution is -2.29. The Bertz CT molecular complexity index is 801. The summed E-state index contributed by atoms with van der Waals surface area (Å²) in [7, 11) is -1.69. The molecule has 0 unspecified atom stereocenters. The van der Waals surface area contributed by atoms with Gasteiger partial charge in [0.2, 0.25) is 10.0 Å². The Kier molecular flexibility index (Phi) is 5.12. The molecule has 0 amide bonds. The Labute approximate surface area is 135 Å². The van der Waals surface area contributed by atoms with Crippen molar-refractivity contribution in [3.8, 4) is 0 Å². The lowest BCUT2D eigenvalue weighted by atomic mass is 10.5. The van der Waals surface area contributed by atoms with E-state index in [1.54, 1.807) is 0 Å². The predicted octanol–water partition coefficient (Wildman–Crippen LogP) is 1.95. The summed E-state index contributed by atoms with van der Waals surface area (Å²) in [6.45, 7) is -3.19. The first-order valence-electron chi connectivity index (χ1n) is 6.21. The van der Waals surface area contributed by atoms with Gasteiger partial charge in [-0.1, -0.05) is 0 Å². The molecule has 0 saturated heterocycles. The smallest absolute Gasteiger partial charge is 0.349 e. The summed E-state index contributed by atoms with van der Waals surface area (Å²) in [5, 5.41) is 1.44. The van der Waals surface area contributed by atoms with E-state index in [0.717, 1.165) is 35.1 Å². The van der Waals surface area contributed by atoms with Gasteiger partial charge in [-0.2, -0.15) is 13.1 Å². The molecule has 0 aliphatic carbocycles. The number of alkyl halides is 2.